The molecule has 40 heavy (non-hydrogen) atoms. The van der Waals surface area contributed by atoms with E-state index in [1.54, 1.807) is 0 Å². The van der Waals surface area contributed by atoms with Gasteiger partial charge in [-0.15, -0.1) is 0 Å². The highest BCUT2D eigenvalue weighted by atomic mass is 14.8. The average molecular weight is 511 g/mol. The van der Waals surface area contributed by atoms with Crippen LogP contribution in [0.5, 0.6) is 0 Å². The third-order valence-corrected chi connectivity index (χ3v) is 7.28. The molecule has 0 N–H and O–H groups in total. The molecule has 0 fully saturated rings. The Labute approximate surface area is 233 Å². The van der Waals surface area contributed by atoms with E-state index in [-0.39, 0.29) is 0 Å². The lowest BCUT2D eigenvalue weighted by Gasteiger charge is -2.13. The summed E-state index contributed by atoms with van der Waals surface area (Å²) in [6, 6.07) is 54.4. The second-order valence-corrected chi connectivity index (χ2v) is 9.78. The van der Waals surface area contributed by atoms with Crippen molar-refractivity contribution >= 4 is 22.8 Å². The lowest BCUT2D eigenvalue weighted by atomic mass is 9.97. The van der Waals surface area contributed by atoms with Crippen LogP contribution in [0.25, 0.3) is 0 Å². The lowest BCUT2D eigenvalue weighted by molar-refractivity contribution is 1.25. The molecule has 0 saturated carbocycles. The van der Waals surface area contributed by atoms with E-state index in [1.165, 1.54) is 10.4 Å². The monoisotopic (exact) mass is 510 g/mol. The Hall–Kier alpha value is -5.34. The normalized spacial score (nSPS) is 11.0. The predicted molar refractivity (Wildman–Crippen MR) is 165 cm³/mol. The Morgan fingerprint density at radius 1 is 0.300 bits per heavy atom. The summed E-state index contributed by atoms with van der Waals surface area (Å²) >= 11 is 0. The lowest BCUT2D eigenvalue weighted by Crippen LogP contribution is -2.04. The summed E-state index contributed by atoms with van der Waals surface area (Å²) in [5.74, 6) is 0. The molecule has 6 aromatic carbocycles. The van der Waals surface area contributed by atoms with Crippen molar-refractivity contribution in [3.8, 4) is 0 Å². The highest BCUT2D eigenvalue weighted by molar-refractivity contribution is 6.14. The van der Waals surface area contributed by atoms with Crippen molar-refractivity contribution in [3.05, 3.63) is 201 Å². The molecule has 0 bridgehead atoms. The second kappa shape index (κ2) is 10.4. The zero-order valence-corrected chi connectivity index (χ0v) is 21.9. The first-order valence-electron chi connectivity index (χ1n) is 13.5. The van der Waals surface area contributed by atoms with Crippen molar-refractivity contribution < 1.29 is 0 Å². The molecule has 1 aliphatic carbocycles. The van der Waals surface area contributed by atoms with Crippen LogP contribution in [0.1, 0.15) is 22.3 Å². The molecule has 0 amide bonds. The van der Waals surface area contributed by atoms with Crippen LogP contribution in [0.15, 0.2) is 168 Å². The van der Waals surface area contributed by atoms with Crippen molar-refractivity contribution in [1.82, 2.24) is 0 Å². The van der Waals surface area contributed by atoms with Crippen LogP contribution in [0.4, 0.5) is 11.4 Å². The van der Waals surface area contributed by atoms with E-state index in [2.05, 4.69) is 133 Å². The summed E-state index contributed by atoms with van der Waals surface area (Å²) in [6.45, 7) is 0. The van der Waals surface area contributed by atoms with E-state index in [1.807, 2.05) is 24.3 Å². The molecule has 2 nitrogen and oxygen atoms in total. The maximum atomic E-state index is 5.31. The molecule has 0 atom stereocenters. The Morgan fingerprint density at radius 3 is 0.900 bits per heavy atom. The number of rotatable bonds is 6. The van der Waals surface area contributed by atoms with Gasteiger partial charge in [-0.25, -0.2) is 9.98 Å². The molecule has 188 valence electrons. The molecule has 0 unspecified atom stereocenters. The Balaban J connectivity index is 1.49. The molecule has 1 aliphatic rings. The van der Waals surface area contributed by atoms with Gasteiger partial charge in [-0.1, -0.05) is 146 Å². The third-order valence-electron chi connectivity index (χ3n) is 7.28. The van der Waals surface area contributed by atoms with E-state index in [0.29, 0.717) is 0 Å². The summed E-state index contributed by atoms with van der Waals surface area (Å²) in [6.07, 6.45) is 0. The fraction of sp³-hybridized carbons (Fsp3) is 0. The van der Waals surface area contributed by atoms with E-state index < -0.39 is 0 Å². The average Bonchev–Trinajstić information content (AvgIpc) is 3.03. The van der Waals surface area contributed by atoms with Gasteiger partial charge >= 0.3 is 0 Å². The topological polar surface area (TPSA) is 24.7 Å². The van der Waals surface area contributed by atoms with Crippen LogP contribution < -0.4 is 0 Å². The van der Waals surface area contributed by atoms with Crippen LogP contribution in [-0.2, 0) is 0 Å². The van der Waals surface area contributed by atoms with Crippen LogP contribution in [-0.4, -0.2) is 11.4 Å². The van der Waals surface area contributed by atoms with Gasteiger partial charge in [0.25, 0.3) is 0 Å². The molecule has 0 spiro atoms. The van der Waals surface area contributed by atoms with E-state index in [9.17, 15) is 0 Å². The highest BCUT2D eigenvalue weighted by Crippen LogP contribution is 2.30. The molecule has 0 aliphatic heterocycles. The van der Waals surface area contributed by atoms with Gasteiger partial charge in [0.1, 0.15) is 0 Å². The van der Waals surface area contributed by atoms with Gasteiger partial charge in [-0.2, -0.15) is 0 Å². The Kier molecular flexibility index (Phi) is 6.20. The summed E-state index contributed by atoms with van der Waals surface area (Å²) in [4.78, 5) is 10.6. The number of fused-ring (bicyclic) bond motifs is 2. The van der Waals surface area contributed by atoms with Crippen LogP contribution >= 0.6 is 0 Å². The quantitative estimate of drug-likeness (QED) is 0.200. The van der Waals surface area contributed by atoms with Gasteiger partial charge in [0, 0.05) is 32.7 Å². The van der Waals surface area contributed by atoms with Crippen LogP contribution in [0.3, 0.4) is 0 Å². The van der Waals surface area contributed by atoms with Gasteiger partial charge in [-0.3, -0.25) is 0 Å². The molecule has 0 saturated heterocycles. The number of hydrogen-bond acceptors (Lipinski definition) is 2. The van der Waals surface area contributed by atoms with Gasteiger partial charge < -0.3 is 0 Å². The zero-order chi connectivity index (χ0) is 26.7. The SMILES string of the molecule is c1ccc(C(=Nc2cccc3c2=c2c(N=C(c4ccccc4)c4ccccc4)cccc2=3)c2ccccc2)cc1. The molecule has 7 rings (SSSR count). The van der Waals surface area contributed by atoms with Crippen molar-refractivity contribution in [1.29, 1.82) is 0 Å². The zero-order valence-electron chi connectivity index (χ0n) is 21.9. The standard InChI is InChI=1S/C38H26N2/c1-5-15-27(16-6-1)37(28-17-7-2-8-18-28)39-33-25-13-23-31-32-24-14-26-34(36(32)35(31)33)40-38(29-19-9-3-10-20-29)30-21-11-4-12-22-30/h1-26H. The maximum Gasteiger partial charge on any atom is 0.0781 e. The molecule has 2 heteroatoms. The second-order valence-electron chi connectivity index (χ2n) is 9.78. The first kappa shape index (κ1) is 23.8. The molecule has 0 aromatic heterocycles. The van der Waals surface area contributed by atoms with Crippen LogP contribution in [0, 0.1) is 20.9 Å². The number of hydrogen-bond donors (Lipinski definition) is 0. The molecular weight excluding hydrogens is 484 g/mol. The van der Waals surface area contributed by atoms with Crippen LogP contribution in [0.2, 0.25) is 0 Å². The van der Waals surface area contributed by atoms with Crippen molar-refractivity contribution in [2.45, 2.75) is 0 Å². The molecule has 0 heterocycles. The summed E-state index contributed by atoms with van der Waals surface area (Å²) in [5.41, 5.74) is 8.18. The van der Waals surface area contributed by atoms with E-state index >= 15 is 0 Å². The summed E-state index contributed by atoms with van der Waals surface area (Å²) < 4.78 is 0. The van der Waals surface area contributed by atoms with Crippen molar-refractivity contribution in [2.75, 3.05) is 0 Å². The summed E-state index contributed by atoms with van der Waals surface area (Å²) in [7, 11) is 0. The van der Waals surface area contributed by atoms with Gasteiger partial charge in [-0.05, 0) is 22.6 Å². The first-order chi connectivity index (χ1) is 19.9. The molecule has 0 radical (unpaired) electrons. The van der Waals surface area contributed by atoms with Gasteiger partial charge in [0.05, 0.1) is 22.8 Å². The summed E-state index contributed by atoms with van der Waals surface area (Å²) in [5, 5.41) is 4.74. The Bertz CT molecular complexity index is 1830. The number of benzene rings is 6. The Morgan fingerprint density at radius 2 is 0.600 bits per heavy atom. The number of nitrogens with zero attached hydrogens (tertiary/aromatic N) is 2. The van der Waals surface area contributed by atoms with Crippen molar-refractivity contribution in [2.24, 2.45) is 9.98 Å². The number of aliphatic imine (C=N–C) groups is 2. The largest absolute Gasteiger partial charge is 0.247 e. The molecular formula is C38H26N2. The minimum Gasteiger partial charge on any atom is -0.247 e. The maximum absolute atomic E-state index is 5.31. The minimum absolute atomic E-state index is 0.955. The van der Waals surface area contributed by atoms with E-state index in [4.69, 9.17) is 9.98 Å². The van der Waals surface area contributed by atoms with Gasteiger partial charge in [0.2, 0.25) is 0 Å². The first-order valence-corrected chi connectivity index (χ1v) is 13.5. The smallest absolute Gasteiger partial charge is 0.0781 e. The fourth-order valence-corrected chi connectivity index (χ4v) is 5.39. The van der Waals surface area contributed by atoms with Gasteiger partial charge in [0.15, 0.2) is 0 Å². The fourth-order valence-electron chi connectivity index (χ4n) is 5.39. The third kappa shape index (κ3) is 4.36. The highest BCUT2D eigenvalue weighted by Gasteiger charge is 2.14. The minimum atomic E-state index is 0.955. The molecule has 6 aromatic rings. The van der Waals surface area contributed by atoms with Crippen molar-refractivity contribution in [3.63, 3.8) is 0 Å². The predicted octanol–water partition coefficient (Wildman–Crippen LogP) is 8.91. The van der Waals surface area contributed by atoms with E-state index in [0.717, 1.165) is 55.5 Å².